The van der Waals surface area contributed by atoms with Crippen molar-refractivity contribution >= 4 is 19.0 Å². The van der Waals surface area contributed by atoms with Crippen LogP contribution in [0.3, 0.4) is 0 Å². The molecule has 0 heterocycles. The Morgan fingerprint density at radius 1 is 1.24 bits per heavy atom. The van der Waals surface area contributed by atoms with Crippen LogP contribution in [0.25, 0.3) is 6.08 Å². The first-order valence-electron chi connectivity index (χ1n) is 4.50. The summed E-state index contributed by atoms with van der Waals surface area (Å²) < 4.78 is 40.2. The van der Waals surface area contributed by atoms with Crippen molar-refractivity contribution in [3.8, 4) is 0 Å². The molecule has 0 unspecified atom stereocenters. The third-order valence-corrected chi connectivity index (χ3v) is 1.84. The Morgan fingerprint density at radius 2 is 1.76 bits per heavy atom. The zero-order chi connectivity index (χ0) is 12.2. The number of methoxy groups -OCH3 is 1. The van der Waals surface area contributed by atoms with Crippen molar-refractivity contribution in [3.05, 3.63) is 41.4 Å². The fourth-order valence-corrected chi connectivity index (χ4v) is 1.07. The summed E-state index contributed by atoms with van der Waals surface area (Å²) in [4.78, 5) is 11.0. The molecule has 1 aromatic carbocycles. The number of carbonyl (C=O) groups is 1. The van der Waals surface area contributed by atoms with Crippen molar-refractivity contribution in [2.75, 3.05) is 7.11 Å². The molecule has 0 saturated carbocycles. The zero-order valence-corrected chi connectivity index (χ0v) is 12.6. The summed E-state index contributed by atoms with van der Waals surface area (Å²) in [7, 11) is 1.24. The summed E-state index contributed by atoms with van der Waals surface area (Å²) in [6.45, 7) is -4.93. The first-order chi connectivity index (χ1) is 7.42. The van der Waals surface area contributed by atoms with Gasteiger partial charge in [-0.1, -0.05) is 18.2 Å². The first kappa shape index (κ1) is 16.9. The molecule has 0 bridgehead atoms. The molecule has 17 heavy (non-hydrogen) atoms. The van der Waals surface area contributed by atoms with Gasteiger partial charge < -0.3 is 17.7 Å². The number of esters is 1. The molecule has 7 heteroatoms. The number of ether oxygens (including phenoxy) is 1. The zero-order valence-electron chi connectivity index (χ0n) is 9.49. The molecule has 2 nitrogen and oxygen atoms in total. The van der Waals surface area contributed by atoms with E-state index in [1.807, 2.05) is 0 Å². The van der Waals surface area contributed by atoms with Crippen LogP contribution in [0.2, 0.25) is 0 Å². The van der Waals surface area contributed by atoms with Gasteiger partial charge in [-0.05, 0) is 17.7 Å². The molecular weight excluding hydrogens is 259 g/mol. The monoisotopic (exact) mass is 268 g/mol. The minimum Gasteiger partial charge on any atom is -0.465 e. The van der Waals surface area contributed by atoms with Crippen molar-refractivity contribution in [3.63, 3.8) is 0 Å². The van der Waals surface area contributed by atoms with Crippen molar-refractivity contribution in [2.24, 2.45) is 0 Å². The van der Waals surface area contributed by atoms with Crippen molar-refractivity contribution in [2.45, 2.75) is 0 Å². The number of benzene rings is 1. The van der Waals surface area contributed by atoms with Crippen molar-refractivity contribution in [1.29, 1.82) is 0 Å². The van der Waals surface area contributed by atoms with E-state index in [1.54, 1.807) is 0 Å². The van der Waals surface area contributed by atoms with Crippen molar-refractivity contribution in [1.82, 2.24) is 0 Å². The van der Waals surface area contributed by atoms with E-state index in [0.717, 1.165) is 6.08 Å². The van der Waals surface area contributed by atoms with E-state index in [2.05, 4.69) is 4.74 Å². The predicted molar refractivity (Wildman–Crippen MR) is 55.9 cm³/mol. The molecule has 86 valence electrons. The Morgan fingerprint density at radius 3 is 2.18 bits per heavy atom. The van der Waals surface area contributed by atoms with Gasteiger partial charge in [0.15, 0.2) is 0 Å². The van der Waals surface area contributed by atoms with Crippen LogP contribution in [0.15, 0.2) is 30.2 Å². The average molecular weight is 268 g/mol. The van der Waals surface area contributed by atoms with Crippen LogP contribution in [0.5, 0.6) is 0 Å². The third kappa shape index (κ3) is 6.42. The van der Waals surface area contributed by atoms with Gasteiger partial charge in [-0.3, -0.25) is 0 Å². The maximum atomic E-state index is 11.9. The molecule has 1 rings (SSSR count). The van der Waals surface area contributed by atoms with E-state index >= 15 is 0 Å². The molecule has 0 aliphatic rings. The fraction of sp³-hybridized carbons (Fsp3) is 0.100. The summed E-state index contributed by atoms with van der Waals surface area (Å²) in [6.07, 6.45) is 0.959. The quantitative estimate of drug-likeness (QED) is 0.564. The number of carbonyl (C=O) groups excluding carboxylic acids is 1. The van der Waals surface area contributed by atoms with Crippen LogP contribution in [0.1, 0.15) is 15.9 Å². The van der Waals surface area contributed by atoms with Gasteiger partial charge >= 0.3 is 64.3 Å². The Hall–Kier alpha value is -0.0787. The Balaban J connectivity index is 0.00000256. The fourth-order valence-electron chi connectivity index (χ4n) is 1.07. The SMILES string of the molecule is COC(=O)c1ccc(/C=C/[B-](F)(F)F)cc1.[K+]. The number of hydrogen-bond donors (Lipinski definition) is 0. The van der Waals surface area contributed by atoms with Gasteiger partial charge in [0.2, 0.25) is 0 Å². The molecule has 0 atom stereocenters. The number of halogens is 3. The van der Waals surface area contributed by atoms with E-state index < -0.39 is 12.9 Å². The molecule has 0 amide bonds. The van der Waals surface area contributed by atoms with Crippen LogP contribution >= 0.6 is 0 Å². The van der Waals surface area contributed by atoms with Gasteiger partial charge in [0.25, 0.3) is 0 Å². The summed E-state index contributed by atoms with van der Waals surface area (Å²) >= 11 is 0. The van der Waals surface area contributed by atoms with Gasteiger partial charge in [0.1, 0.15) is 0 Å². The van der Waals surface area contributed by atoms with Gasteiger partial charge in [-0.2, -0.15) is 0 Å². The van der Waals surface area contributed by atoms with Gasteiger partial charge in [-0.25, -0.2) is 4.79 Å². The number of hydrogen-bond acceptors (Lipinski definition) is 2. The van der Waals surface area contributed by atoms with E-state index in [0.29, 0.717) is 11.1 Å². The second kappa shape index (κ2) is 7.38. The molecule has 0 aromatic heterocycles. The van der Waals surface area contributed by atoms with E-state index in [4.69, 9.17) is 0 Å². The van der Waals surface area contributed by atoms with Gasteiger partial charge in [0, 0.05) is 0 Å². The molecular formula is C10H9BF3KO2. The first-order valence-corrected chi connectivity index (χ1v) is 4.50. The molecule has 0 N–H and O–H groups in total. The molecule has 0 spiro atoms. The minimum absolute atomic E-state index is 0. The van der Waals surface area contributed by atoms with Crippen LogP contribution in [0, 0.1) is 0 Å². The van der Waals surface area contributed by atoms with E-state index in [-0.39, 0.29) is 57.4 Å². The summed E-state index contributed by atoms with van der Waals surface area (Å²) in [5, 5.41) is 0. The normalized spacial score (nSPS) is 11.1. The second-order valence-corrected chi connectivity index (χ2v) is 3.10. The van der Waals surface area contributed by atoms with E-state index in [9.17, 15) is 17.7 Å². The molecule has 0 aliphatic carbocycles. The molecule has 0 aliphatic heterocycles. The molecule has 0 saturated heterocycles. The molecule has 0 fully saturated rings. The van der Waals surface area contributed by atoms with Crippen LogP contribution < -0.4 is 51.4 Å². The minimum atomic E-state index is -4.93. The molecule has 0 radical (unpaired) electrons. The maximum absolute atomic E-state index is 11.9. The topological polar surface area (TPSA) is 26.3 Å². The maximum Gasteiger partial charge on any atom is 1.00 e. The summed E-state index contributed by atoms with van der Waals surface area (Å²) in [5.74, 6) is -0.316. The molecule has 1 aromatic rings. The Kier molecular flexibility index (Phi) is 7.34. The van der Waals surface area contributed by atoms with Crippen LogP contribution in [-0.2, 0) is 4.74 Å². The third-order valence-electron chi connectivity index (χ3n) is 1.84. The van der Waals surface area contributed by atoms with E-state index in [1.165, 1.54) is 31.4 Å². The average Bonchev–Trinajstić information content (AvgIpc) is 2.25. The number of rotatable bonds is 3. The standard InChI is InChI=1S/C10H9BF3O2.K/c1-16-10(15)9-4-2-8(3-5-9)6-7-11(12,13)14;/h2-7H,1H3;/q-1;+1/b7-6+;. The second-order valence-electron chi connectivity index (χ2n) is 3.10. The van der Waals surface area contributed by atoms with Crippen LogP contribution in [0.4, 0.5) is 12.9 Å². The van der Waals surface area contributed by atoms with Crippen LogP contribution in [-0.4, -0.2) is 20.1 Å². The van der Waals surface area contributed by atoms with Gasteiger partial charge in [-0.15, -0.1) is 5.98 Å². The smallest absolute Gasteiger partial charge is 0.465 e. The summed E-state index contributed by atoms with van der Waals surface area (Å²) in [6, 6.07) is 5.67. The Bertz CT molecular complexity index is 401. The predicted octanol–water partition coefficient (Wildman–Crippen LogP) is -0.123. The largest absolute Gasteiger partial charge is 1.00 e. The van der Waals surface area contributed by atoms with Gasteiger partial charge in [0.05, 0.1) is 12.7 Å². The summed E-state index contributed by atoms with van der Waals surface area (Å²) in [5.41, 5.74) is 0.684. The Labute approximate surface area is 140 Å². The van der Waals surface area contributed by atoms with Crippen molar-refractivity contribution < 1.29 is 73.9 Å².